The predicted molar refractivity (Wildman–Crippen MR) is 75.3 cm³/mol. The lowest BCUT2D eigenvalue weighted by molar-refractivity contribution is 0.0600. The molecule has 0 bridgehead atoms. The van der Waals surface area contributed by atoms with Crippen LogP contribution in [0.1, 0.15) is 23.7 Å². The van der Waals surface area contributed by atoms with Crippen LogP contribution in [0.25, 0.3) is 0 Å². The van der Waals surface area contributed by atoms with E-state index in [0.717, 1.165) is 0 Å². The molecule has 1 aromatic rings. The van der Waals surface area contributed by atoms with Crippen LogP contribution in [-0.4, -0.2) is 37.8 Å². The summed E-state index contributed by atoms with van der Waals surface area (Å²) in [6, 6.07) is 6.47. The average Bonchev–Trinajstić information content (AvgIpc) is 2.46. The molecule has 0 aliphatic rings. The van der Waals surface area contributed by atoms with Gasteiger partial charge in [-0.05, 0) is 31.2 Å². The van der Waals surface area contributed by atoms with Crippen LogP contribution in [-0.2, 0) is 18.3 Å². The highest BCUT2D eigenvalue weighted by Crippen LogP contribution is 2.42. The fourth-order valence-electron chi connectivity index (χ4n) is 1.43. The second-order valence-corrected chi connectivity index (χ2v) is 5.39. The first kappa shape index (κ1) is 17.7. The van der Waals surface area contributed by atoms with Gasteiger partial charge in [0.1, 0.15) is 5.75 Å². The van der Waals surface area contributed by atoms with Gasteiger partial charge in [-0.15, -0.1) is 0 Å². The number of rotatable bonds is 9. The monoisotopic (exact) mass is 318 g/mol. The van der Waals surface area contributed by atoms with Gasteiger partial charge in [-0.3, -0.25) is 9.05 Å². The average molecular weight is 318 g/mol. The summed E-state index contributed by atoms with van der Waals surface area (Å²) in [5.41, 5.74) is 0.436. The Morgan fingerprint density at radius 3 is 2.43 bits per heavy atom. The molecule has 1 aromatic carbocycles. The molecule has 0 heterocycles. The summed E-state index contributed by atoms with van der Waals surface area (Å²) in [6.45, 7) is 2.07. The van der Waals surface area contributed by atoms with Gasteiger partial charge in [0.25, 0.3) is 0 Å². The molecule has 0 saturated heterocycles. The van der Waals surface area contributed by atoms with Crippen molar-refractivity contribution in [2.75, 3.05) is 26.9 Å². The van der Waals surface area contributed by atoms with Crippen LogP contribution in [0.15, 0.2) is 24.3 Å². The van der Waals surface area contributed by atoms with E-state index in [1.165, 1.54) is 7.11 Å². The number of carbonyl (C=O) groups excluding carboxylic acids is 1. The summed E-state index contributed by atoms with van der Waals surface area (Å²) >= 11 is 0. The first-order valence-corrected chi connectivity index (χ1v) is 7.91. The summed E-state index contributed by atoms with van der Waals surface area (Å²) in [7, 11) is -2.62. The Morgan fingerprint density at radius 2 is 1.86 bits per heavy atom. The Balaban J connectivity index is 2.27. The van der Waals surface area contributed by atoms with Crippen LogP contribution in [0.2, 0.25) is 0 Å². The fraction of sp³-hybridized carbons (Fsp3) is 0.462. The van der Waals surface area contributed by atoms with E-state index in [1.54, 1.807) is 31.2 Å². The smallest absolute Gasteiger partial charge is 0.472 e. The molecule has 7 nitrogen and oxygen atoms in total. The number of hydrogen-bond acceptors (Lipinski definition) is 6. The van der Waals surface area contributed by atoms with Gasteiger partial charge in [0.05, 0.1) is 32.5 Å². The van der Waals surface area contributed by atoms with Gasteiger partial charge in [0.15, 0.2) is 0 Å². The highest BCUT2D eigenvalue weighted by Gasteiger charge is 2.18. The van der Waals surface area contributed by atoms with E-state index in [1.807, 2.05) is 0 Å². The molecule has 0 aliphatic carbocycles. The van der Waals surface area contributed by atoms with Gasteiger partial charge in [-0.25, -0.2) is 9.36 Å². The van der Waals surface area contributed by atoms with E-state index in [-0.39, 0.29) is 13.2 Å². The third kappa shape index (κ3) is 6.73. The number of phosphoric acid groups is 1. The van der Waals surface area contributed by atoms with E-state index < -0.39 is 13.8 Å². The van der Waals surface area contributed by atoms with Gasteiger partial charge in [0, 0.05) is 6.42 Å². The molecule has 1 rings (SSSR count). The molecular weight excluding hydrogens is 299 g/mol. The fourth-order valence-corrected chi connectivity index (χ4v) is 2.20. The molecule has 0 fully saturated rings. The maximum Gasteiger partial charge on any atom is 0.472 e. The van der Waals surface area contributed by atoms with Crippen LogP contribution in [0.4, 0.5) is 0 Å². The van der Waals surface area contributed by atoms with Crippen molar-refractivity contribution in [1.29, 1.82) is 0 Å². The van der Waals surface area contributed by atoms with E-state index in [0.29, 0.717) is 24.3 Å². The molecule has 118 valence electrons. The molecule has 0 amide bonds. The van der Waals surface area contributed by atoms with Gasteiger partial charge < -0.3 is 14.4 Å². The van der Waals surface area contributed by atoms with Gasteiger partial charge in [-0.1, -0.05) is 0 Å². The highest BCUT2D eigenvalue weighted by molar-refractivity contribution is 7.47. The maximum atomic E-state index is 11.2. The van der Waals surface area contributed by atoms with Crippen molar-refractivity contribution in [3.63, 3.8) is 0 Å². The lowest BCUT2D eigenvalue weighted by atomic mass is 10.2. The van der Waals surface area contributed by atoms with Crippen LogP contribution in [0, 0.1) is 0 Å². The zero-order chi connectivity index (χ0) is 15.7. The number of benzene rings is 1. The third-order valence-electron chi connectivity index (χ3n) is 2.38. The molecular formula is C13H19O7P. The number of hydrogen-bond donors (Lipinski definition) is 1. The Morgan fingerprint density at radius 1 is 1.19 bits per heavy atom. The van der Waals surface area contributed by atoms with Gasteiger partial charge in [-0.2, -0.15) is 0 Å². The SMILES string of the molecule is CCOP(=O)(O)OCCCOc1ccc(C(=O)OC)cc1. The summed E-state index contributed by atoms with van der Waals surface area (Å²) in [5, 5.41) is 0. The Kier molecular flexibility index (Phi) is 7.39. The van der Waals surface area contributed by atoms with Crippen molar-refractivity contribution < 1.29 is 32.8 Å². The third-order valence-corrected chi connectivity index (χ3v) is 3.47. The number of carbonyl (C=O) groups is 1. The minimum atomic E-state index is -3.93. The van der Waals surface area contributed by atoms with Crippen LogP contribution >= 0.6 is 7.82 Å². The van der Waals surface area contributed by atoms with E-state index in [9.17, 15) is 9.36 Å². The van der Waals surface area contributed by atoms with E-state index >= 15 is 0 Å². The molecule has 0 radical (unpaired) electrons. The van der Waals surface area contributed by atoms with Gasteiger partial charge >= 0.3 is 13.8 Å². The summed E-state index contributed by atoms with van der Waals surface area (Å²) < 4.78 is 30.5. The first-order valence-electron chi connectivity index (χ1n) is 6.41. The zero-order valence-electron chi connectivity index (χ0n) is 12.0. The number of methoxy groups -OCH3 is 1. The second-order valence-electron chi connectivity index (χ2n) is 3.94. The standard InChI is InChI=1S/C13H19O7P/c1-3-19-21(15,16)20-10-4-9-18-12-7-5-11(6-8-12)13(14)17-2/h5-8H,3-4,9-10H2,1-2H3,(H,15,16). The van der Waals surface area contributed by atoms with Crippen LogP contribution in [0.5, 0.6) is 5.75 Å². The summed E-state index contributed by atoms with van der Waals surface area (Å²) in [6.07, 6.45) is 0.427. The molecule has 0 saturated carbocycles. The van der Waals surface area contributed by atoms with Crippen LogP contribution in [0.3, 0.4) is 0 Å². The molecule has 0 spiro atoms. The molecule has 1 unspecified atom stereocenters. The molecule has 0 aromatic heterocycles. The Labute approximate surface area is 123 Å². The number of ether oxygens (including phenoxy) is 2. The molecule has 1 N–H and O–H groups in total. The van der Waals surface area contributed by atoms with Crippen LogP contribution < -0.4 is 4.74 Å². The first-order chi connectivity index (χ1) is 9.98. The van der Waals surface area contributed by atoms with Crippen molar-refractivity contribution in [2.24, 2.45) is 0 Å². The van der Waals surface area contributed by atoms with E-state index in [2.05, 4.69) is 9.26 Å². The van der Waals surface area contributed by atoms with E-state index in [4.69, 9.17) is 14.2 Å². The number of phosphoric ester groups is 1. The topological polar surface area (TPSA) is 91.3 Å². The van der Waals surface area contributed by atoms with Crippen molar-refractivity contribution in [1.82, 2.24) is 0 Å². The minimum Gasteiger partial charge on any atom is -0.494 e. The quantitative estimate of drug-likeness (QED) is 0.424. The predicted octanol–water partition coefficient (Wildman–Crippen LogP) is 2.40. The van der Waals surface area contributed by atoms with Gasteiger partial charge in [0.2, 0.25) is 0 Å². The second kappa shape index (κ2) is 8.79. The highest BCUT2D eigenvalue weighted by atomic mass is 31.2. The molecule has 8 heteroatoms. The lowest BCUT2D eigenvalue weighted by Gasteiger charge is -2.11. The minimum absolute atomic E-state index is 0.0496. The van der Waals surface area contributed by atoms with Crippen molar-refractivity contribution in [3.05, 3.63) is 29.8 Å². The normalized spacial score (nSPS) is 13.5. The van der Waals surface area contributed by atoms with Crippen molar-refractivity contribution in [2.45, 2.75) is 13.3 Å². The largest absolute Gasteiger partial charge is 0.494 e. The Bertz CT molecular complexity index is 486. The summed E-state index contributed by atoms with van der Waals surface area (Å²) in [4.78, 5) is 20.4. The van der Waals surface area contributed by atoms with Crippen molar-refractivity contribution >= 4 is 13.8 Å². The number of esters is 1. The zero-order valence-corrected chi connectivity index (χ0v) is 12.9. The Hall–Kier alpha value is -1.40. The maximum absolute atomic E-state index is 11.2. The summed E-state index contributed by atoms with van der Waals surface area (Å²) in [5.74, 6) is 0.171. The molecule has 0 aliphatic heterocycles. The molecule has 1 atom stereocenters. The van der Waals surface area contributed by atoms with Crippen molar-refractivity contribution in [3.8, 4) is 5.75 Å². The lowest BCUT2D eigenvalue weighted by Crippen LogP contribution is -2.04. The molecule has 21 heavy (non-hydrogen) atoms.